The number of hydrogen-bond donors (Lipinski definition) is 1. The number of carboxylic acids is 1. The highest BCUT2D eigenvalue weighted by molar-refractivity contribution is 5.95. The van der Waals surface area contributed by atoms with Gasteiger partial charge in [-0.25, -0.2) is 9.78 Å². The Morgan fingerprint density at radius 1 is 1.58 bits per heavy atom. The van der Waals surface area contributed by atoms with Crippen LogP contribution < -0.4 is 0 Å². The molecule has 0 saturated carbocycles. The van der Waals surface area contributed by atoms with Crippen LogP contribution in [0, 0.1) is 12.8 Å². The molecule has 1 amide bonds. The van der Waals surface area contributed by atoms with Gasteiger partial charge in [-0.1, -0.05) is 13.3 Å². The zero-order valence-corrected chi connectivity index (χ0v) is 11.1. The van der Waals surface area contributed by atoms with Crippen molar-refractivity contribution in [1.29, 1.82) is 0 Å². The summed E-state index contributed by atoms with van der Waals surface area (Å²) in [6.07, 6.45) is 3.48. The van der Waals surface area contributed by atoms with Gasteiger partial charge in [-0.2, -0.15) is 0 Å². The minimum atomic E-state index is -0.955. The molecule has 2 rings (SSSR count). The first-order valence-corrected chi connectivity index (χ1v) is 6.48. The van der Waals surface area contributed by atoms with Gasteiger partial charge in [0.1, 0.15) is 6.04 Å². The van der Waals surface area contributed by atoms with Gasteiger partial charge in [0.15, 0.2) is 6.39 Å². The van der Waals surface area contributed by atoms with Gasteiger partial charge in [0, 0.05) is 6.54 Å². The number of aryl methyl sites for hydroxylation is 1. The minimum absolute atomic E-state index is 0.140. The summed E-state index contributed by atoms with van der Waals surface area (Å²) in [6.45, 7) is 4.17. The third-order valence-corrected chi connectivity index (χ3v) is 3.77. The normalized spacial score (nSPS) is 23.4. The molecule has 2 heterocycles. The molecule has 0 bridgehead atoms. The molecule has 1 fully saturated rings. The molecular weight excluding hydrogens is 248 g/mol. The summed E-state index contributed by atoms with van der Waals surface area (Å²) < 4.78 is 5.07. The number of carboxylic acid groups (broad SMARTS) is 1. The fourth-order valence-corrected chi connectivity index (χ4v) is 2.52. The van der Waals surface area contributed by atoms with Crippen molar-refractivity contribution in [2.45, 2.75) is 39.2 Å². The SMILES string of the molecule is CCC1CCN(C(=O)c2ocnc2C)C(C(=O)O)C1. The second kappa shape index (κ2) is 5.42. The predicted octanol–water partition coefficient (Wildman–Crippen LogP) is 1.70. The van der Waals surface area contributed by atoms with E-state index < -0.39 is 12.0 Å². The molecule has 1 aromatic rings. The van der Waals surface area contributed by atoms with E-state index in [0.717, 1.165) is 12.8 Å². The van der Waals surface area contributed by atoms with Crippen molar-refractivity contribution in [3.05, 3.63) is 17.8 Å². The maximum Gasteiger partial charge on any atom is 0.326 e. The molecule has 1 N–H and O–H groups in total. The molecule has 19 heavy (non-hydrogen) atoms. The molecule has 104 valence electrons. The molecule has 1 aliphatic rings. The monoisotopic (exact) mass is 266 g/mol. The molecule has 0 aromatic carbocycles. The van der Waals surface area contributed by atoms with Crippen LogP contribution in [-0.2, 0) is 4.79 Å². The average molecular weight is 266 g/mol. The number of oxazole rings is 1. The maximum atomic E-state index is 12.3. The van der Waals surface area contributed by atoms with Gasteiger partial charge in [-0.05, 0) is 25.7 Å². The Kier molecular flexibility index (Phi) is 3.87. The van der Waals surface area contributed by atoms with Crippen molar-refractivity contribution in [2.75, 3.05) is 6.54 Å². The van der Waals surface area contributed by atoms with Gasteiger partial charge in [0.25, 0.3) is 5.91 Å². The fourth-order valence-electron chi connectivity index (χ4n) is 2.52. The lowest BCUT2D eigenvalue weighted by Crippen LogP contribution is -2.50. The van der Waals surface area contributed by atoms with Gasteiger partial charge in [-0.15, -0.1) is 0 Å². The Morgan fingerprint density at radius 2 is 2.32 bits per heavy atom. The maximum absolute atomic E-state index is 12.3. The van der Waals surface area contributed by atoms with Crippen LogP contribution in [0.15, 0.2) is 10.8 Å². The minimum Gasteiger partial charge on any atom is -0.480 e. The molecule has 1 aromatic heterocycles. The number of aromatic nitrogens is 1. The van der Waals surface area contributed by atoms with E-state index in [1.165, 1.54) is 11.3 Å². The Labute approximate surface area is 111 Å². The molecule has 0 radical (unpaired) electrons. The van der Waals surface area contributed by atoms with E-state index in [2.05, 4.69) is 4.98 Å². The van der Waals surface area contributed by atoms with E-state index in [1.807, 2.05) is 6.92 Å². The first-order valence-electron chi connectivity index (χ1n) is 6.48. The summed E-state index contributed by atoms with van der Waals surface area (Å²) in [5.74, 6) is -0.831. The van der Waals surface area contributed by atoms with Crippen LogP contribution in [-0.4, -0.2) is 39.5 Å². The van der Waals surface area contributed by atoms with E-state index in [1.54, 1.807) is 6.92 Å². The van der Waals surface area contributed by atoms with E-state index in [-0.39, 0.29) is 11.7 Å². The molecular formula is C13H18N2O4. The number of nitrogens with zero attached hydrogens (tertiary/aromatic N) is 2. The van der Waals surface area contributed by atoms with Crippen LogP contribution in [0.25, 0.3) is 0 Å². The Hall–Kier alpha value is -1.85. The van der Waals surface area contributed by atoms with Crippen LogP contribution >= 0.6 is 0 Å². The number of rotatable bonds is 3. The Bertz CT molecular complexity index is 483. The van der Waals surface area contributed by atoms with E-state index >= 15 is 0 Å². The number of hydrogen-bond acceptors (Lipinski definition) is 4. The van der Waals surface area contributed by atoms with Crippen molar-refractivity contribution in [3.63, 3.8) is 0 Å². The largest absolute Gasteiger partial charge is 0.480 e. The highest BCUT2D eigenvalue weighted by Gasteiger charge is 2.37. The smallest absolute Gasteiger partial charge is 0.326 e. The first kappa shape index (κ1) is 13.6. The van der Waals surface area contributed by atoms with Crippen LogP contribution in [0.2, 0.25) is 0 Å². The summed E-state index contributed by atoms with van der Waals surface area (Å²) in [5.41, 5.74) is 0.492. The number of likely N-dealkylation sites (tertiary alicyclic amines) is 1. The quantitative estimate of drug-likeness (QED) is 0.900. The molecule has 2 atom stereocenters. The molecule has 0 spiro atoms. The van der Waals surface area contributed by atoms with Crippen LogP contribution in [0.3, 0.4) is 0 Å². The van der Waals surface area contributed by atoms with Crippen LogP contribution in [0.1, 0.15) is 42.4 Å². The molecule has 1 saturated heterocycles. The molecule has 2 unspecified atom stereocenters. The zero-order valence-electron chi connectivity index (χ0n) is 11.1. The number of amides is 1. The lowest BCUT2D eigenvalue weighted by atomic mass is 9.88. The second-order valence-electron chi connectivity index (χ2n) is 4.92. The van der Waals surface area contributed by atoms with Gasteiger partial charge in [0.05, 0.1) is 5.69 Å². The van der Waals surface area contributed by atoms with Crippen LogP contribution in [0.4, 0.5) is 0 Å². The predicted molar refractivity (Wildman–Crippen MR) is 66.7 cm³/mol. The number of carbonyl (C=O) groups is 2. The summed E-state index contributed by atoms with van der Waals surface area (Å²) in [5, 5.41) is 9.30. The average Bonchev–Trinajstić information content (AvgIpc) is 2.83. The van der Waals surface area contributed by atoms with E-state index in [4.69, 9.17) is 4.42 Å². The fraction of sp³-hybridized carbons (Fsp3) is 0.615. The van der Waals surface area contributed by atoms with Crippen LogP contribution in [0.5, 0.6) is 0 Å². The van der Waals surface area contributed by atoms with Crippen molar-refractivity contribution in [1.82, 2.24) is 9.88 Å². The Morgan fingerprint density at radius 3 is 2.84 bits per heavy atom. The summed E-state index contributed by atoms with van der Waals surface area (Å²) in [6, 6.07) is -0.768. The third kappa shape index (κ3) is 2.62. The number of piperidine rings is 1. The van der Waals surface area contributed by atoms with Crippen molar-refractivity contribution < 1.29 is 19.1 Å². The number of aliphatic carboxylic acids is 1. The van der Waals surface area contributed by atoms with Crippen molar-refractivity contribution in [3.8, 4) is 0 Å². The lowest BCUT2D eigenvalue weighted by Gasteiger charge is -2.36. The molecule has 1 aliphatic heterocycles. The third-order valence-electron chi connectivity index (χ3n) is 3.77. The molecule has 6 heteroatoms. The van der Waals surface area contributed by atoms with Gasteiger partial charge in [-0.3, -0.25) is 4.79 Å². The van der Waals surface area contributed by atoms with Crippen molar-refractivity contribution >= 4 is 11.9 Å². The highest BCUT2D eigenvalue weighted by atomic mass is 16.4. The van der Waals surface area contributed by atoms with Crippen molar-refractivity contribution in [2.24, 2.45) is 5.92 Å². The van der Waals surface area contributed by atoms with Gasteiger partial charge < -0.3 is 14.4 Å². The molecule has 0 aliphatic carbocycles. The summed E-state index contributed by atoms with van der Waals surface area (Å²) in [4.78, 5) is 28.9. The summed E-state index contributed by atoms with van der Waals surface area (Å²) >= 11 is 0. The van der Waals surface area contributed by atoms with E-state index in [9.17, 15) is 14.7 Å². The van der Waals surface area contributed by atoms with Gasteiger partial charge >= 0.3 is 5.97 Å². The molecule has 6 nitrogen and oxygen atoms in total. The first-order chi connectivity index (χ1) is 9.04. The second-order valence-corrected chi connectivity index (χ2v) is 4.92. The highest BCUT2D eigenvalue weighted by Crippen LogP contribution is 2.27. The summed E-state index contributed by atoms with van der Waals surface area (Å²) in [7, 11) is 0. The van der Waals surface area contributed by atoms with Gasteiger partial charge in [0.2, 0.25) is 5.76 Å². The lowest BCUT2D eigenvalue weighted by molar-refractivity contribution is -0.144. The number of carbonyl (C=O) groups excluding carboxylic acids is 1. The standard InChI is InChI=1S/C13H18N2O4/c1-3-9-4-5-15(10(6-9)13(17)18)12(16)11-8(2)14-7-19-11/h7,9-10H,3-6H2,1-2H3,(H,17,18). The topological polar surface area (TPSA) is 83.6 Å². The Balaban J connectivity index is 2.20. The zero-order chi connectivity index (χ0) is 14.0. The van der Waals surface area contributed by atoms with E-state index in [0.29, 0.717) is 24.6 Å².